The summed E-state index contributed by atoms with van der Waals surface area (Å²) in [5.41, 5.74) is 12.1. The van der Waals surface area contributed by atoms with Gasteiger partial charge in [0.05, 0.1) is 73.3 Å². The number of aromatic nitrogens is 12. The van der Waals surface area contributed by atoms with Crippen molar-refractivity contribution in [3.8, 4) is 23.0 Å². The number of ether oxygens (including phenoxy) is 6. The van der Waals surface area contributed by atoms with Crippen molar-refractivity contribution in [1.82, 2.24) is 58.6 Å². The van der Waals surface area contributed by atoms with Gasteiger partial charge >= 0.3 is 0 Å². The maximum Gasteiger partial charge on any atom is 0.210 e. The van der Waals surface area contributed by atoms with Gasteiger partial charge in [-0.05, 0) is 36.6 Å². The van der Waals surface area contributed by atoms with Crippen LogP contribution >= 0.6 is 11.6 Å². The second kappa shape index (κ2) is 25.6. The van der Waals surface area contributed by atoms with Gasteiger partial charge in [0.2, 0.25) is 11.2 Å². The molecule has 22 nitrogen and oxygen atoms in total. The van der Waals surface area contributed by atoms with Crippen LogP contribution in [0.25, 0.3) is 22.3 Å². The van der Waals surface area contributed by atoms with E-state index in [9.17, 15) is 9.59 Å². The summed E-state index contributed by atoms with van der Waals surface area (Å²) in [6.45, 7) is 16.9. The lowest BCUT2D eigenvalue weighted by molar-refractivity contribution is -0.120. The lowest BCUT2D eigenvalue weighted by atomic mass is 9.91. The van der Waals surface area contributed by atoms with E-state index in [0.29, 0.717) is 101 Å². The van der Waals surface area contributed by atoms with Crippen molar-refractivity contribution in [2.45, 2.75) is 103 Å². The molecule has 0 radical (unpaired) electrons. The number of fused-ring (bicyclic) bond motifs is 2. The normalized spacial score (nSPS) is 15.4. The average molecular weight is 1100 g/mol. The van der Waals surface area contributed by atoms with Gasteiger partial charge in [-0.3, -0.25) is 28.9 Å². The number of nitrogens with two attached hydrogens (primary N) is 1. The molecule has 420 valence electrons. The molecule has 8 aromatic rings. The summed E-state index contributed by atoms with van der Waals surface area (Å²) in [5, 5.41) is 13.0. The molecule has 10 rings (SSSR count). The van der Waals surface area contributed by atoms with E-state index < -0.39 is 0 Å². The molecule has 0 unspecified atom stereocenters. The zero-order valence-electron chi connectivity index (χ0n) is 46.7. The number of carbonyl (C=O) groups excluding carboxylic acids is 2. The van der Waals surface area contributed by atoms with Crippen LogP contribution in [0.15, 0.2) is 73.3 Å². The summed E-state index contributed by atoms with van der Waals surface area (Å²) in [6.07, 6.45) is 9.64. The number of halogens is 1. The number of rotatable bonds is 18. The standard InChI is InChI=1S/C28H35N7O4.C17H17ClN4O3.C11H19N3O/c1-28(2,3)24-15-25(33-35(24)19-7-11-38-17-19)31-27-32-26-23(34(27)4)14-22(16-30-26)39-21-6-9-29-18(13-21)12-20(36)8-10-37-5;1-22-15-9-14(10-20-16(15)21-17(22)18)25-13-3-5-19-11(8-13)7-12(23)4-6-24-2;1-11(2,3)9-6-10(12)13-14(9)8-4-5-15-7-8/h6,9,13-16,19H,7-8,10-12,17H2,1-5H3,(H,30,31,32,33);3,5,8-10H,4,6-7H2,1-2H3;6,8H,4-5,7H2,1-3H3,(H2,12,13)/t19-;;8-/m0.1/s1. The van der Waals surface area contributed by atoms with Crippen LogP contribution in [0.4, 0.5) is 17.6 Å². The monoisotopic (exact) mass is 1100 g/mol. The Labute approximate surface area is 464 Å². The van der Waals surface area contributed by atoms with Crippen LogP contribution in [0.3, 0.4) is 0 Å². The van der Waals surface area contributed by atoms with Gasteiger partial charge in [0.1, 0.15) is 40.4 Å². The van der Waals surface area contributed by atoms with E-state index in [1.54, 1.807) is 74.9 Å². The number of nitrogens with one attached hydrogen (secondary N) is 1. The molecule has 79 heavy (non-hydrogen) atoms. The molecule has 2 saturated heterocycles. The topological polar surface area (TPSA) is 250 Å². The van der Waals surface area contributed by atoms with Crippen molar-refractivity contribution < 1.29 is 38.0 Å². The van der Waals surface area contributed by atoms with E-state index in [-0.39, 0.29) is 41.3 Å². The zero-order chi connectivity index (χ0) is 56.4. The Morgan fingerprint density at radius 2 is 1.16 bits per heavy atom. The third-order valence-corrected chi connectivity index (χ3v) is 13.5. The van der Waals surface area contributed by atoms with E-state index in [4.69, 9.17) is 50.9 Å². The molecule has 0 saturated carbocycles. The average Bonchev–Trinajstić information content (AvgIpc) is 4.34. The third kappa shape index (κ3) is 15.1. The molecule has 2 atom stereocenters. The predicted octanol–water partition coefficient (Wildman–Crippen LogP) is 9.18. The van der Waals surface area contributed by atoms with E-state index in [1.165, 1.54) is 5.69 Å². The van der Waals surface area contributed by atoms with E-state index in [1.807, 2.05) is 34.5 Å². The zero-order valence-corrected chi connectivity index (χ0v) is 47.4. The van der Waals surface area contributed by atoms with Crippen LogP contribution in [0.1, 0.15) is 102 Å². The Kier molecular flexibility index (Phi) is 18.7. The number of anilines is 3. The van der Waals surface area contributed by atoms with Crippen LogP contribution in [0.2, 0.25) is 5.28 Å². The smallest absolute Gasteiger partial charge is 0.210 e. The molecule has 23 heteroatoms. The maximum absolute atomic E-state index is 12.1. The minimum Gasteiger partial charge on any atom is -0.456 e. The van der Waals surface area contributed by atoms with Gasteiger partial charge in [0.15, 0.2) is 17.1 Å². The number of hydrogen-bond donors (Lipinski definition) is 2. The molecule has 8 aromatic heterocycles. The number of nitrogens with zero attached hydrogens (tertiary/aromatic N) is 12. The molecule has 0 spiro atoms. The predicted molar refractivity (Wildman–Crippen MR) is 300 cm³/mol. The van der Waals surface area contributed by atoms with Crippen LogP contribution in [0.5, 0.6) is 23.0 Å². The highest BCUT2D eigenvalue weighted by Gasteiger charge is 2.29. The van der Waals surface area contributed by atoms with Gasteiger partial charge in [0, 0.05) is 138 Å². The molecular weight excluding hydrogens is 1030 g/mol. The van der Waals surface area contributed by atoms with E-state index >= 15 is 0 Å². The SMILES string of the molecule is CC(C)(C)c1cc(N)nn1[C@@H]1CCOC1.COCCC(=O)Cc1cc(Oc2cnc3nc(Cl)n(C)c3c2)ccn1.COCCC(=O)Cc1cc(Oc2cnc3nc(Nc4cc(C(C)(C)C)n([C@H]5CCOC5)n4)n(C)c3c2)ccn1. The fraction of sp³-hybridized carbons (Fsp3) is 0.464. The van der Waals surface area contributed by atoms with Gasteiger partial charge in [-0.25, -0.2) is 9.97 Å². The molecule has 0 aromatic carbocycles. The molecule has 2 aliphatic heterocycles. The number of hydrogen-bond acceptors (Lipinski definition) is 18. The molecular formula is C56H71ClN14O8. The first-order chi connectivity index (χ1) is 37.8. The largest absolute Gasteiger partial charge is 0.456 e. The Bertz CT molecular complexity index is 3360. The molecule has 0 bridgehead atoms. The fourth-order valence-electron chi connectivity index (χ4n) is 8.90. The number of methoxy groups -OCH3 is 2. The summed E-state index contributed by atoms with van der Waals surface area (Å²) < 4.78 is 40.6. The first kappa shape index (κ1) is 57.8. The molecule has 0 amide bonds. The van der Waals surface area contributed by atoms with Crippen molar-refractivity contribution in [2.75, 3.05) is 64.9 Å². The van der Waals surface area contributed by atoms with Gasteiger partial charge < -0.3 is 48.6 Å². The Hall–Kier alpha value is -7.37. The Balaban J connectivity index is 0.000000174. The molecule has 0 aliphatic carbocycles. The molecule has 2 aliphatic rings. The quantitative estimate of drug-likeness (QED) is 0.0812. The van der Waals surface area contributed by atoms with Crippen LogP contribution in [0, 0.1) is 0 Å². The highest BCUT2D eigenvalue weighted by Crippen LogP contribution is 2.34. The van der Waals surface area contributed by atoms with Gasteiger partial charge in [-0.2, -0.15) is 20.2 Å². The Morgan fingerprint density at radius 3 is 1.66 bits per heavy atom. The second-order valence-electron chi connectivity index (χ2n) is 21.5. The van der Waals surface area contributed by atoms with Crippen LogP contribution < -0.4 is 20.5 Å². The number of nitrogen functional groups attached to an aromatic ring is 1. The number of Topliss-reactive ketones (excluding diaryl/α,β-unsaturated/α-hetero) is 2. The summed E-state index contributed by atoms with van der Waals surface area (Å²) in [5.74, 6) is 4.36. The minimum atomic E-state index is -0.0697. The van der Waals surface area contributed by atoms with Crippen LogP contribution in [-0.2, 0) is 66.3 Å². The lowest BCUT2D eigenvalue weighted by Gasteiger charge is -2.22. The first-order valence-electron chi connectivity index (χ1n) is 26.2. The Morgan fingerprint density at radius 1 is 0.671 bits per heavy atom. The molecule has 3 N–H and O–H groups in total. The number of ketones is 2. The van der Waals surface area contributed by atoms with Gasteiger partial charge in [-0.15, -0.1) is 0 Å². The summed E-state index contributed by atoms with van der Waals surface area (Å²) in [7, 11) is 6.88. The highest BCUT2D eigenvalue weighted by atomic mass is 35.5. The van der Waals surface area contributed by atoms with Gasteiger partial charge in [-0.1, -0.05) is 41.5 Å². The van der Waals surface area contributed by atoms with Crippen molar-refractivity contribution in [3.63, 3.8) is 0 Å². The highest BCUT2D eigenvalue weighted by molar-refractivity contribution is 6.29. The molecule has 10 heterocycles. The summed E-state index contributed by atoms with van der Waals surface area (Å²) in [6, 6.07) is 15.3. The lowest BCUT2D eigenvalue weighted by Crippen LogP contribution is -2.22. The number of carbonyl (C=O) groups is 2. The fourth-order valence-corrected chi connectivity index (χ4v) is 9.07. The number of aryl methyl sites for hydroxylation is 2. The van der Waals surface area contributed by atoms with Crippen molar-refractivity contribution in [1.29, 1.82) is 0 Å². The molecule has 2 fully saturated rings. The maximum atomic E-state index is 12.1. The number of pyridine rings is 4. The van der Waals surface area contributed by atoms with E-state index in [0.717, 1.165) is 55.2 Å². The summed E-state index contributed by atoms with van der Waals surface area (Å²) in [4.78, 5) is 50.0. The van der Waals surface area contributed by atoms with Crippen LogP contribution in [-0.4, -0.2) is 124 Å². The third-order valence-electron chi connectivity index (χ3n) is 13.1. The number of imidazole rings is 2. The van der Waals surface area contributed by atoms with Crippen molar-refractivity contribution >= 4 is 63.1 Å². The van der Waals surface area contributed by atoms with Gasteiger partial charge in [0.25, 0.3) is 0 Å². The van der Waals surface area contributed by atoms with E-state index in [2.05, 4.69) is 92.6 Å². The minimum absolute atomic E-state index is 0.0653. The van der Waals surface area contributed by atoms with Crippen molar-refractivity contribution in [2.24, 2.45) is 14.1 Å². The van der Waals surface area contributed by atoms with Crippen molar-refractivity contribution in [3.05, 3.63) is 101 Å². The summed E-state index contributed by atoms with van der Waals surface area (Å²) >= 11 is 5.99. The second-order valence-corrected chi connectivity index (χ2v) is 21.8. The first-order valence-corrected chi connectivity index (χ1v) is 26.6.